The minimum Gasteiger partial charge on any atom is -0.347 e. The van der Waals surface area contributed by atoms with Crippen LogP contribution < -0.4 is 0 Å². The average Bonchev–Trinajstić information content (AvgIpc) is 2.04. The van der Waals surface area contributed by atoms with E-state index in [0.29, 0.717) is 5.56 Å². The van der Waals surface area contributed by atoms with E-state index in [4.69, 9.17) is 5.11 Å². The number of hydrogen-bond acceptors (Lipinski definition) is 2. The maximum Gasteiger partial charge on any atom is 0.245 e. The molecule has 1 aromatic carbocycles. The van der Waals surface area contributed by atoms with Crippen LogP contribution in [0.25, 0.3) is 0 Å². The first kappa shape index (κ1) is 8.96. The van der Waals surface area contributed by atoms with Gasteiger partial charge >= 0.3 is 0 Å². The third kappa shape index (κ3) is 1.93. The monoisotopic (exact) mass is 184 g/mol. The fourth-order valence-corrected chi connectivity index (χ4v) is 1.12. The summed E-state index contributed by atoms with van der Waals surface area (Å²) in [7, 11) is -2.55. The van der Waals surface area contributed by atoms with Crippen LogP contribution in [0.5, 0.6) is 0 Å². The van der Waals surface area contributed by atoms with Crippen molar-refractivity contribution in [3.8, 4) is 0 Å². The summed E-state index contributed by atoms with van der Waals surface area (Å²) in [5.74, 6) is 0. The Morgan fingerprint density at radius 2 is 1.75 bits per heavy atom. The lowest BCUT2D eigenvalue weighted by atomic mass is 10.2. The lowest BCUT2D eigenvalue weighted by molar-refractivity contribution is 0.561. The molecule has 0 atom stereocenters. The molecule has 4 heteroatoms. The molecule has 0 saturated carbocycles. The second-order valence-corrected chi connectivity index (χ2v) is 3.26. The molecular weight excluding hydrogens is 176 g/mol. The first-order chi connectivity index (χ1) is 5.61. The minimum absolute atomic E-state index is 0.314. The molecule has 0 fully saturated rings. The van der Waals surface area contributed by atoms with Crippen molar-refractivity contribution in [2.24, 2.45) is 0 Å². The molecule has 0 heterocycles. The second kappa shape index (κ2) is 3.51. The lowest BCUT2D eigenvalue weighted by Crippen LogP contribution is -1.99. The van der Waals surface area contributed by atoms with Gasteiger partial charge < -0.3 is 5.11 Å². The van der Waals surface area contributed by atoms with Crippen LogP contribution in [0.15, 0.2) is 24.3 Å². The van der Waals surface area contributed by atoms with Crippen molar-refractivity contribution in [1.29, 1.82) is 0 Å². The maximum absolute atomic E-state index is 10.3. The van der Waals surface area contributed by atoms with Crippen molar-refractivity contribution >= 4 is 15.3 Å². The standard InChI is InChI=1S/C8H8O3S/c1-6-2-4-7(5-3-6)8(9)12(10)11/h2-5,9H,1H3. The van der Waals surface area contributed by atoms with Crippen molar-refractivity contribution in [1.82, 2.24) is 0 Å². The molecule has 0 radical (unpaired) electrons. The maximum atomic E-state index is 10.3. The summed E-state index contributed by atoms with van der Waals surface area (Å²) in [6, 6.07) is 6.58. The van der Waals surface area contributed by atoms with Gasteiger partial charge in [-0.05, 0) is 6.92 Å². The predicted octanol–water partition coefficient (Wildman–Crippen LogP) is 0.910. The third-order valence-electron chi connectivity index (χ3n) is 1.46. The number of aliphatic hydroxyl groups is 1. The Hall–Kier alpha value is -1.13. The summed E-state index contributed by atoms with van der Waals surface area (Å²) in [5.41, 5.74) is 1.33. The van der Waals surface area contributed by atoms with Crippen LogP contribution in [-0.4, -0.2) is 18.6 Å². The van der Waals surface area contributed by atoms with Crippen molar-refractivity contribution < 1.29 is 13.5 Å². The topological polar surface area (TPSA) is 54.4 Å². The molecule has 0 amide bonds. The number of benzene rings is 1. The van der Waals surface area contributed by atoms with Gasteiger partial charge in [-0.1, -0.05) is 29.8 Å². The van der Waals surface area contributed by atoms with Crippen LogP contribution >= 0.6 is 0 Å². The van der Waals surface area contributed by atoms with E-state index in [-0.39, 0.29) is 0 Å². The Morgan fingerprint density at radius 3 is 2.17 bits per heavy atom. The zero-order valence-electron chi connectivity index (χ0n) is 6.48. The van der Waals surface area contributed by atoms with Crippen molar-refractivity contribution in [2.75, 3.05) is 0 Å². The van der Waals surface area contributed by atoms with E-state index in [1.54, 1.807) is 24.3 Å². The molecular formula is C8H8O3S. The number of aliphatic hydroxyl groups excluding tert-OH is 1. The van der Waals surface area contributed by atoms with E-state index >= 15 is 0 Å². The zero-order valence-corrected chi connectivity index (χ0v) is 7.30. The van der Waals surface area contributed by atoms with E-state index in [2.05, 4.69) is 0 Å². The summed E-state index contributed by atoms with van der Waals surface area (Å²) in [6.07, 6.45) is 0. The largest absolute Gasteiger partial charge is 0.347 e. The van der Waals surface area contributed by atoms with Gasteiger partial charge in [0.2, 0.25) is 15.3 Å². The molecule has 1 rings (SSSR count). The van der Waals surface area contributed by atoms with Crippen LogP contribution in [0.2, 0.25) is 0 Å². The molecule has 0 bridgehead atoms. The molecule has 12 heavy (non-hydrogen) atoms. The molecule has 0 unspecified atom stereocenters. The van der Waals surface area contributed by atoms with E-state index in [9.17, 15) is 8.42 Å². The molecule has 0 aliphatic heterocycles. The summed E-state index contributed by atoms with van der Waals surface area (Å²) in [4.78, 5) is 0. The van der Waals surface area contributed by atoms with Crippen LogP contribution in [0.3, 0.4) is 0 Å². The molecule has 0 saturated heterocycles. The quantitative estimate of drug-likeness (QED) is 0.660. The molecule has 0 aromatic heterocycles. The molecule has 64 valence electrons. The van der Waals surface area contributed by atoms with E-state index in [1.807, 2.05) is 6.92 Å². The number of hydrogen-bond donors (Lipinski definition) is 1. The fourth-order valence-electron chi connectivity index (χ4n) is 0.792. The highest BCUT2D eigenvalue weighted by molar-refractivity contribution is 7.73. The van der Waals surface area contributed by atoms with Gasteiger partial charge in [0, 0.05) is 5.56 Å². The zero-order chi connectivity index (χ0) is 9.14. The Bertz CT molecular complexity index is 392. The van der Waals surface area contributed by atoms with Gasteiger partial charge in [-0.2, -0.15) is 8.42 Å². The summed E-state index contributed by atoms with van der Waals surface area (Å²) in [5, 5.41) is 8.38. The fraction of sp³-hybridized carbons (Fsp3) is 0.125. The first-order valence-corrected chi connectivity index (χ1v) is 4.41. The lowest BCUT2D eigenvalue weighted by Gasteiger charge is -1.94. The Balaban J connectivity index is 3.24. The molecule has 1 N–H and O–H groups in total. The van der Waals surface area contributed by atoms with Gasteiger partial charge in [-0.25, -0.2) is 0 Å². The molecule has 0 aliphatic carbocycles. The normalized spacial score (nSPS) is 9.50. The molecule has 1 aromatic rings. The summed E-state index contributed by atoms with van der Waals surface area (Å²) >= 11 is 0. The number of aryl methyl sites for hydroxylation is 1. The summed E-state index contributed by atoms with van der Waals surface area (Å²) in [6.45, 7) is 1.88. The van der Waals surface area contributed by atoms with Crippen molar-refractivity contribution in [2.45, 2.75) is 6.92 Å². The highest BCUT2D eigenvalue weighted by atomic mass is 32.2. The first-order valence-electron chi connectivity index (χ1n) is 3.33. The van der Waals surface area contributed by atoms with Crippen molar-refractivity contribution in [3.05, 3.63) is 35.4 Å². The molecule has 0 aliphatic rings. The van der Waals surface area contributed by atoms with Crippen LogP contribution in [0, 0.1) is 6.92 Å². The third-order valence-corrected chi connectivity index (χ3v) is 2.01. The highest BCUT2D eigenvalue weighted by Crippen LogP contribution is 2.02. The van der Waals surface area contributed by atoms with Crippen LogP contribution in [-0.2, 0) is 10.3 Å². The average molecular weight is 184 g/mol. The molecule has 3 nitrogen and oxygen atoms in total. The minimum atomic E-state index is -2.55. The van der Waals surface area contributed by atoms with Gasteiger partial charge in [-0.3, -0.25) is 0 Å². The van der Waals surface area contributed by atoms with Crippen molar-refractivity contribution in [3.63, 3.8) is 0 Å². The van der Waals surface area contributed by atoms with Gasteiger partial charge in [0.05, 0.1) is 0 Å². The molecule has 0 spiro atoms. The van der Waals surface area contributed by atoms with E-state index < -0.39 is 15.3 Å². The predicted molar refractivity (Wildman–Crippen MR) is 46.8 cm³/mol. The number of rotatable bonds is 1. The Labute approximate surface area is 71.8 Å². The van der Waals surface area contributed by atoms with Crippen LogP contribution in [0.1, 0.15) is 11.1 Å². The van der Waals surface area contributed by atoms with Gasteiger partial charge in [0.1, 0.15) is 0 Å². The smallest absolute Gasteiger partial charge is 0.245 e. The summed E-state index contributed by atoms with van der Waals surface area (Å²) < 4.78 is 20.6. The van der Waals surface area contributed by atoms with E-state index in [1.165, 1.54) is 0 Å². The van der Waals surface area contributed by atoms with E-state index in [0.717, 1.165) is 5.56 Å². The second-order valence-electron chi connectivity index (χ2n) is 2.41. The Kier molecular flexibility index (Phi) is 2.62. The Morgan fingerprint density at radius 1 is 1.25 bits per heavy atom. The van der Waals surface area contributed by atoms with Gasteiger partial charge in [-0.15, -0.1) is 0 Å². The SMILES string of the molecule is Cc1ccc(C(O)=S(=O)=O)cc1. The van der Waals surface area contributed by atoms with Gasteiger partial charge in [0.15, 0.2) is 0 Å². The highest BCUT2D eigenvalue weighted by Gasteiger charge is 1.99. The van der Waals surface area contributed by atoms with Gasteiger partial charge in [0.25, 0.3) is 0 Å². The van der Waals surface area contributed by atoms with Crippen LogP contribution in [0.4, 0.5) is 0 Å².